The minimum atomic E-state index is 0.142. The van der Waals surface area contributed by atoms with Crippen LogP contribution in [0.25, 0.3) is 11.4 Å². The van der Waals surface area contributed by atoms with Crippen molar-refractivity contribution in [3.63, 3.8) is 0 Å². The van der Waals surface area contributed by atoms with Crippen LogP contribution in [0.4, 0.5) is 0 Å². The predicted octanol–water partition coefficient (Wildman–Crippen LogP) is 3.73. The maximum atomic E-state index is 12.9. The molecule has 0 atom stereocenters. The summed E-state index contributed by atoms with van der Waals surface area (Å²) in [6, 6.07) is 14.2. The van der Waals surface area contributed by atoms with Crippen molar-refractivity contribution < 1.29 is 14.3 Å². The number of benzene rings is 2. The van der Waals surface area contributed by atoms with Gasteiger partial charge < -0.3 is 18.9 Å². The molecular formula is C26H33N5O3S. The summed E-state index contributed by atoms with van der Waals surface area (Å²) in [5.74, 6) is 2.82. The zero-order chi connectivity index (χ0) is 24.8. The summed E-state index contributed by atoms with van der Waals surface area (Å²) in [7, 11) is 3.29. The van der Waals surface area contributed by atoms with Gasteiger partial charge in [-0.05, 0) is 37.1 Å². The summed E-state index contributed by atoms with van der Waals surface area (Å²) in [5, 5.41) is 9.59. The number of rotatable bonds is 9. The van der Waals surface area contributed by atoms with Gasteiger partial charge in [0.15, 0.2) is 22.5 Å². The fourth-order valence-electron chi connectivity index (χ4n) is 4.31. The van der Waals surface area contributed by atoms with E-state index in [1.165, 1.54) is 17.3 Å². The van der Waals surface area contributed by atoms with Crippen molar-refractivity contribution in [2.45, 2.75) is 32.1 Å². The third-order valence-electron chi connectivity index (χ3n) is 6.32. The first kappa shape index (κ1) is 25.1. The Morgan fingerprint density at radius 2 is 1.74 bits per heavy atom. The monoisotopic (exact) mass is 495 g/mol. The summed E-state index contributed by atoms with van der Waals surface area (Å²) >= 11 is 1.46. The number of aromatic nitrogens is 3. The highest BCUT2D eigenvalue weighted by molar-refractivity contribution is 7.99. The molecule has 1 amide bonds. The number of hydrogen-bond donors (Lipinski definition) is 0. The average molecular weight is 496 g/mol. The summed E-state index contributed by atoms with van der Waals surface area (Å²) in [4.78, 5) is 17.2. The number of amides is 1. The van der Waals surface area contributed by atoms with E-state index in [1.807, 2.05) is 29.2 Å². The van der Waals surface area contributed by atoms with Crippen LogP contribution in [0.5, 0.6) is 11.5 Å². The lowest BCUT2D eigenvalue weighted by atomic mass is 10.1. The summed E-state index contributed by atoms with van der Waals surface area (Å²) in [6.45, 7) is 8.85. The first-order chi connectivity index (χ1) is 17.0. The first-order valence-corrected chi connectivity index (χ1v) is 12.9. The lowest BCUT2D eigenvalue weighted by Crippen LogP contribution is -2.48. The van der Waals surface area contributed by atoms with Gasteiger partial charge in [-0.2, -0.15) is 0 Å². The van der Waals surface area contributed by atoms with Crippen LogP contribution >= 0.6 is 11.8 Å². The summed E-state index contributed by atoms with van der Waals surface area (Å²) < 4.78 is 12.8. The SMILES string of the molecule is CCn1c(SCC(=O)N2CCN(Cc3ccc(OC)c(OC)c3)CC2)nnc1-c1ccccc1C. The van der Waals surface area contributed by atoms with Gasteiger partial charge in [0, 0.05) is 44.8 Å². The topological polar surface area (TPSA) is 72.7 Å². The molecule has 3 aromatic rings. The minimum absolute atomic E-state index is 0.142. The second-order valence-corrected chi connectivity index (χ2v) is 9.44. The number of carbonyl (C=O) groups is 1. The quantitative estimate of drug-likeness (QED) is 0.419. The molecule has 1 fully saturated rings. The van der Waals surface area contributed by atoms with Gasteiger partial charge in [-0.1, -0.05) is 42.1 Å². The van der Waals surface area contributed by atoms with E-state index in [9.17, 15) is 4.79 Å². The van der Waals surface area contributed by atoms with Crippen LogP contribution in [0.3, 0.4) is 0 Å². The molecule has 0 radical (unpaired) electrons. The lowest BCUT2D eigenvalue weighted by Gasteiger charge is -2.34. The molecule has 1 aromatic heterocycles. The van der Waals surface area contributed by atoms with Gasteiger partial charge in [0.2, 0.25) is 5.91 Å². The molecule has 0 unspecified atom stereocenters. The molecule has 4 rings (SSSR count). The predicted molar refractivity (Wildman–Crippen MR) is 138 cm³/mol. The molecule has 1 saturated heterocycles. The van der Waals surface area contributed by atoms with Crippen LogP contribution in [0.1, 0.15) is 18.1 Å². The van der Waals surface area contributed by atoms with Gasteiger partial charge in [-0.15, -0.1) is 10.2 Å². The van der Waals surface area contributed by atoms with Crippen LogP contribution in [0.15, 0.2) is 47.6 Å². The van der Waals surface area contributed by atoms with Crippen molar-refractivity contribution in [3.05, 3.63) is 53.6 Å². The zero-order valence-corrected chi connectivity index (χ0v) is 21.7. The molecule has 1 aliphatic heterocycles. The van der Waals surface area contributed by atoms with Gasteiger partial charge >= 0.3 is 0 Å². The maximum absolute atomic E-state index is 12.9. The van der Waals surface area contributed by atoms with E-state index >= 15 is 0 Å². The molecule has 0 saturated carbocycles. The van der Waals surface area contributed by atoms with Crippen molar-refractivity contribution in [1.29, 1.82) is 0 Å². The number of aryl methyl sites for hydroxylation is 1. The number of methoxy groups -OCH3 is 2. The zero-order valence-electron chi connectivity index (χ0n) is 20.9. The van der Waals surface area contributed by atoms with Crippen molar-refractivity contribution in [2.24, 2.45) is 0 Å². The number of hydrogen-bond acceptors (Lipinski definition) is 7. The Morgan fingerprint density at radius 3 is 2.43 bits per heavy atom. The Balaban J connectivity index is 1.30. The standard InChI is InChI=1S/C26H33N5O3S/c1-5-31-25(21-9-7-6-8-19(21)2)27-28-26(31)35-18-24(32)30-14-12-29(13-15-30)17-20-10-11-22(33-3)23(16-20)34-4/h6-11,16H,5,12-15,17-18H2,1-4H3. The molecule has 0 spiro atoms. The second kappa shape index (κ2) is 11.6. The Hall–Kier alpha value is -3.04. The molecule has 0 N–H and O–H groups in total. The molecule has 2 aromatic carbocycles. The number of nitrogens with zero attached hydrogens (tertiary/aromatic N) is 5. The smallest absolute Gasteiger partial charge is 0.233 e. The summed E-state index contributed by atoms with van der Waals surface area (Å²) in [5.41, 5.74) is 3.40. The van der Waals surface area contributed by atoms with E-state index in [4.69, 9.17) is 9.47 Å². The Labute approximate surface area is 211 Å². The van der Waals surface area contributed by atoms with E-state index in [2.05, 4.69) is 51.7 Å². The third-order valence-corrected chi connectivity index (χ3v) is 7.27. The van der Waals surface area contributed by atoms with Gasteiger partial charge in [0.05, 0.1) is 20.0 Å². The van der Waals surface area contributed by atoms with Crippen LogP contribution < -0.4 is 9.47 Å². The molecule has 9 heteroatoms. The van der Waals surface area contributed by atoms with E-state index < -0.39 is 0 Å². The number of ether oxygens (including phenoxy) is 2. The molecule has 8 nitrogen and oxygen atoms in total. The summed E-state index contributed by atoms with van der Waals surface area (Å²) in [6.07, 6.45) is 0. The Kier molecular flexibility index (Phi) is 8.30. The number of carbonyl (C=O) groups excluding carboxylic acids is 1. The minimum Gasteiger partial charge on any atom is -0.493 e. The van der Waals surface area contributed by atoms with E-state index in [0.717, 1.165) is 72.9 Å². The normalized spacial score (nSPS) is 14.2. The number of piperazine rings is 1. The van der Waals surface area contributed by atoms with E-state index in [-0.39, 0.29) is 5.91 Å². The van der Waals surface area contributed by atoms with Crippen molar-refractivity contribution in [1.82, 2.24) is 24.6 Å². The highest BCUT2D eigenvalue weighted by atomic mass is 32.2. The van der Waals surface area contributed by atoms with Crippen molar-refractivity contribution in [2.75, 3.05) is 46.2 Å². The van der Waals surface area contributed by atoms with Crippen LogP contribution in [-0.2, 0) is 17.9 Å². The molecule has 1 aliphatic rings. The van der Waals surface area contributed by atoms with Crippen LogP contribution in [0.2, 0.25) is 0 Å². The second-order valence-electron chi connectivity index (χ2n) is 8.50. The fraction of sp³-hybridized carbons (Fsp3) is 0.423. The van der Waals surface area contributed by atoms with E-state index in [0.29, 0.717) is 5.75 Å². The van der Waals surface area contributed by atoms with Gasteiger partial charge in [0.1, 0.15) is 0 Å². The molecule has 2 heterocycles. The lowest BCUT2D eigenvalue weighted by molar-refractivity contribution is -0.130. The largest absolute Gasteiger partial charge is 0.493 e. The molecule has 35 heavy (non-hydrogen) atoms. The highest BCUT2D eigenvalue weighted by Crippen LogP contribution is 2.29. The first-order valence-electron chi connectivity index (χ1n) is 11.9. The van der Waals surface area contributed by atoms with Crippen LogP contribution in [0, 0.1) is 6.92 Å². The van der Waals surface area contributed by atoms with Crippen LogP contribution in [-0.4, -0.2) is 76.6 Å². The van der Waals surface area contributed by atoms with Crippen molar-refractivity contribution in [3.8, 4) is 22.9 Å². The molecule has 0 aliphatic carbocycles. The van der Waals surface area contributed by atoms with E-state index in [1.54, 1.807) is 14.2 Å². The van der Waals surface area contributed by atoms with Gasteiger partial charge in [-0.25, -0.2) is 0 Å². The third kappa shape index (κ3) is 5.79. The van der Waals surface area contributed by atoms with Gasteiger partial charge in [0.25, 0.3) is 0 Å². The maximum Gasteiger partial charge on any atom is 0.233 e. The fourth-order valence-corrected chi connectivity index (χ4v) is 5.22. The molecule has 186 valence electrons. The number of thioether (sulfide) groups is 1. The highest BCUT2D eigenvalue weighted by Gasteiger charge is 2.23. The van der Waals surface area contributed by atoms with Gasteiger partial charge in [-0.3, -0.25) is 9.69 Å². The molecular weight excluding hydrogens is 462 g/mol. The molecule has 0 bridgehead atoms. The Morgan fingerprint density at radius 1 is 1.00 bits per heavy atom. The average Bonchev–Trinajstić information content (AvgIpc) is 3.30. The van der Waals surface area contributed by atoms with Crippen molar-refractivity contribution >= 4 is 17.7 Å². The Bertz CT molecular complexity index is 1160.